The molecule has 1 aromatic carbocycles. The molecule has 152 valence electrons. The zero-order valence-electron chi connectivity index (χ0n) is 16.1. The number of piperidine rings is 1. The van der Waals surface area contributed by atoms with Gasteiger partial charge in [0, 0.05) is 31.0 Å². The van der Waals surface area contributed by atoms with Crippen LogP contribution in [0.2, 0.25) is 0 Å². The Balaban J connectivity index is 0.00000205. The second-order valence-electron chi connectivity index (χ2n) is 7.56. The number of rotatable bonds is 2. The van der Waals surface area contributed by atoms with Gasteiger partial charge in [0.25, 0.3) is 0 Å². The Kier molecular flexibility index (Phi) is 5.61. The van der Waals surface area contributed by atoms with Gasteiger partial charge in [-0.05, 0) is 54.8 Å². The summed E-state index contributed by atoms with van der Waals surface area (Å²) in [6.45, 7) is 2.40. The molecule has 1 atom stereocenters. The molecule has 4 heterocycles. The largest absolute Gasteiger partial charge is 0.398 e. The molecule has 0 saturated carbocycles. The van der Waals surface area contributed by atoms with E-state index >= 15 is 0 Å². The molecule has 1 saturated heterocycles. The van der Waals surface area contributed by atoms with E-state index in [1.54, 1.807) is 17.7 Å². The molecule has 6 nitrogen and oxygen atoms in total. The quantitative estimate of drug-likeness (QED) is 0.625. The average Bonchev–Trinajstić information content (AvgIpc) is 3.22. The summed E-state index contributed by atoms with van der Waals surface area (Å²) in [5, 5.41) is 3.13. The van der Waals surface area contributed by atoms with Crippen LogP contribution in [0.3, 0.4) is 0 Å². The highest BCUT2D eigenvalue weighted by molar-refractivity contribution is 7.16. The molecular weight excluding hydrogens is 406 g/mol. The normalized spacial score (nSPS) is 19.0. The lowest BCUT2D eigenvalue weighted by molar-refractivity contribution is -0.122. The number of anilines is 3. The molecule has 8 heteroatoms. The number of carbonyl (C=O) groups is 1. The monoisotopic (exact) mass is 429 g/mol. The lowest BCUT2D eigenvalue weighted by Gasteiger charge is -2.37. The minimum atomic E-state index is -0.0234. The number of nitrogens with two attached hydrogens (primary N) is 1. The highest BCUT2D eigenvalue weighted by atomic mass is 35.5. The van der Waals surface area contributed by atoms with Gasteiger partial charge in [0.1, 0.15) is 17.0 Å². The van der Waals surface area contributed by atoms with Gasteiger partial charge in [-0.1, -0.05) is 6.07 Å². The molecule has 0 spiro atoms. The first-order chi connectivity index (χ1) is 13.7. The molecule has 2 aromatic heterocycles. The Morgan fingerprint density at radius 1 is 1.17 bits per heavy atom. The number of aromatic nitrogens is 2. The lowest BCUT2D eigenvalue weighted by atomic mass is 9.93. The van der Waals surface area contributed by atoms with Crippen LogP contribution in [0.15, 0.2) is 36.0 Å². The van der Waals surface area contributed by atoms with Crippen LogP contribution in [-0.2, 0) is 11.2 Å². The van der Waals surface area contributed by atoms with Crippen LogP contribution in [0.25, 0.3) is 10.2 Å². The number of nitrogen functional groups attached to an aromatic ring is 1. The predicted molar refractivity (Wildman–Crippen MR) is 121 cm³/mol. The van der Waals surface area contributed by atoms with Crippen molar-refractivity contribution in [2.24, 2.45) is 5.92 Å². The fraction of sp³-hybridized carbons (Fsp3) is 0.381. The zero-order valence-corrected chi connectivity index (χ0v) is 17.7. The topological polar surface area (TPSA) is 75.3 Å². The maximum Gasteiger partial charge on any atom is 0.231 e. The minimum Gasteiger partial charge on any atom is -0.398 e. The molecule has 5 rings (SSSR count). The molecule has 2 aliphatic rings. The molecule has 1 amide bonds. The van der Waals surface area contributed by atoms with Crippen molar-refractivity contribution in [2.45, 2.75) is 25.7 Å². The van der Waals surface area contributed by atoms with E-state index in [0.29, 0.717) is 6.54 Å². The molecule has 29 heavy (non-hydrogen) atoms. The smallest absolute Gasteiger partial charge is 0.231 e. The fourth-order valence-corrected chi connectivity index (χ4v) is 5.23. The molecule has 0 bridgehead atoms. The van der Waals surface area contributed by atoms with Gasteiger partial charge in [-0.15, -0.1) is 23.7 Å². The van der Waals surface area contributed by atoms with Crippen LogP contribution in [0.5, 0.6) is 0 Å². The van der Waals surface area contributed by atoms with Gasteiger partial charge < -0.3 is 15.5 Å². The number of hydrogen-bond acceptors (Lipinski definition) is 6. The number of fused-ring (bicyclic) bond motifs is 2. The summed E-state index contributed by atoms with van der Waals surface area (Å²) in [5.41, 5.74) is 9.07. The zero-order chi connectivity index (χ0) is 19.1. The summed E-state index contributed by atoms with van der Waals surface area (Å²) in [6, 6.07) is 7.98. The van der Waals surface area contributed by atoms with Gasteiger partial charge in [-0.3, -0.25) is 4.79 Å². The molecule has 0 aliphatic carbocycles. The van der Waals surface area contributed by atoms with Crippen molar-refractivity contribution in [2.75, 3.05) is 35.2 Å². The van der Waals surface area contributed by atoms with Gasteiger partial charge in [0.05, 0.1) is 11.3 Å². The summed E-state index contributed by atoms with van der Waals surface area (Å²) in [4.78, 5) is 27.6. The van der Waals surface area contributed by atoms with Crippen molar-refractivity contribution in [3.8, 4) is 0 Å². The molecule has 1 unspecified atom stereocenters. The first-order valence-corrected chi connectivity index (χ1v) is 10.7. The van der Waals surface area contributed by atoms with Crippen LogP contribution < -0.4 is 15.5 Å². The highest BCUT2D eigenvalue weighted by Gasteiger charge is 2.33. The molecule has 2 N–H and O–H groups in total. The Bertz CT molecular complexity index is 1040. The summed E-state index contributed by atoms with van der Waals surface area (Å²) < 4.78 is 0. The average molecular weight is 430 g/mol. The molecular formula is C21H24ClN5OS. The minimum absolute atomic E-state index is 0. The SMILES string of the molecule is Cl.Nc1cccc2c1CCCN2C(=O)C1CCCN(c2ncnc3sccc23)C1. The summed E-state index contributed by atoms with van der Waals surface area (Å²) in [6.07, 6.45) is 5.44. The molecule has 0 radical (unpaired) electrons. The van der Waals surface area contributed by atoms with Crippen molar-refractivity contribution < 1.29 is 4.79 Å². The Morgan fingerprint density at radius 3 is 2.97 bits per heavy atom. The van der Waals surface area contributed by atoms with Crippen LogP contribution in [-0.4, -0.2) is 35.5 Å². The highest BCUT2D eigenvalue weighted by Crippen LogP contribution is 2.34. The van der Waals surface area contributed by atoms with Gasteiger partial charge in [0.2, 0.25) is 5.91 Å². The second-order valence-corrected chi connectivity index (χ2v) is 8.45. The third kappa shape index (κ3) is 3.53. The molecule has 1 fully saturated rings. The maximum atomic E-state index is 13.4. The van der Waals surface area contributed by atoms with E-state index in [1.165, 1.54) is 0 Å². The van der Waals surface area contributed by atoms with Crippen molar-refractivity contribution in [3.05, 3.63) is 41.5 Å². The molecule has 2 aliphatic heterocycles. The number of benzene rings is 1. The Hall–Kier alpha value is -2.38. The number of thiophene rings is 1. The van der Waals surface area contributed by atoms with Crippen LogP contribution in [0.4, 0.5) is 17.2 Å². The first-order valence-electron chi connectivity index (χ1n) is 9.84. The Morgan fingerprint density at radius 2 is 2.07 bits per heavy atom. The van der Waals surface area contributed by atoms with Crippen LogP contribution in [0, 0.1) is 5.92 Å². The maximum absolute atomic E-state index is 13.4. The second kappa shape index (κ2) is 8.16. The van der Waals surface area contributed by atoms with Crippen molar-refractivity contribution in [1.29, 1.82) is 0 Å². The van der Waals surface area contributed by atoms with E-state index in [2.05, 4.69) is 20.9 Å². The van der Waals surface area contributed by atoms with Gasteiger partial charge in [0.15, 0.2) is 0 Å². The van der Waals surface area contributed by atoms with Gasteiger partial charge in [-0.25, -0.2) is 9.97 Å². The van der Waals surface area contributed by atoms with E-state index in [0.717, 1.165) is 71.7 Å². The van der Waals surface area contributed by atoms with E-state index < -0.39 is 0 Å². The van der Waals surface area contributed by atoms with Crippen LogP contribution in [0.1, 0.15) is 24.8 Å². The predicted octanol–water partition coefficient (Wildman–Crippen LogP) is 3.89. The third-order valence-electron chi connectivity index (χ3n) is 5.86. The van der Waals surface area contributed by atoms with E-state index in [9.17, 15) is 4.79 Å². The Labute approximate surface area is 180 Å². The summed E-state index contributed by atoms with van der Waals surface area (Å²) >= 11 is 1.62. The number of nitrogens with zero attached hydrogens (tertiary/aromatic N) is 4. The first kappa shape index (κ1) is 19.9. The summed E-state index contributed by atoms with van der Waals surface area (Å²) in [7, 11) is 0. The van der Waals surface area contributed by atoms with Crippen LogP contribution >= 0.6 is 23.7 Å². The number of halogens is 1. The fourth-order valence-electron chi connectivity index (χ4n) is 4.50. The number of amides is 1. The van der Waals surface area contributed by atoms with Crippen molar-refractivity contribution in [3.63, 3.8) is 0 Å². The lowest BCUT2D eigenvalue weighted by Crippen LogP contribution is -2.46. The van der Waals surface area contributed by atoms with Gasteiger partial charge in [-0.2, -0.15) is 0 Å². The number of hydrogen-bond donors (Lipinski definition) is 1. The van der Waals surface area contributed by atoms with Gasteiger partial charge >= 0.3 is 0 Å². The molecule has 3 aromatic rings. The number of carbonyl (C=O) groups excluding carboxylic acids is 1. The third-order valence-corrected chi connectivity index (χ3v) is 6.68. The van der Waals surface area contributed by atoms with E-state index in [1.807, 2.05) is 28.5 Å². The standard InChI is InChI=1S/C21H23N5OS.ClH/c22-17-6-1-7-18-15(17)5-3-10-26(18)21(27)14-4-2-9-25(12-14)19-16-8-11-28-20(16)24-13-23-19;/h1,6-8,11,13-14H,2-5,9-10,12,22H2;1H. The van der Waals surface area contributed by atoms with Crippen molar-refractivity contribution >= 4 is 57.1 Å². The van der Waals surface area contributed by atoms with E-state index in [4.69, 9.17) is 5.73 Å². The van der Waals surface area contributed by atoms with Crippen molar-refractivity contribution in [1.82, 2.24) is 9.97 Å². The van der Waals surface area contributed by atoms with E-state index in [-0.39, 0.29) is 24.2 Å². The summed E-state index contributed by atoms with van der Waals surface area (Å²) in [5.74, 6) is 1.14.